The number of hydrogen-bond donors (Lipinski definition) is 0. The molecule has 174 valence electrons. The molecule has 0 heterocycles. The van der Waals surface area contributed by atoms with Crippen LogP contribution in [0.3, 0.4) is 0 Å². The summed E-state index contributed by atoms with van der Waals surface area (Å²) in [6.07, 6.45) is 26.6. The predicted octanol–water partition coefficient (Wildman–Crippen LogP) is 4.70. The first-order chi connectivity index (χ1) is 14.0. The number of hydrogen-bond acceptors (Lipinski definition) is 4. The molecule has 0 bridgehead atoms. The van der Waals surface area contributed by atoms with Crippen molar-refractivity contribution in [1.29, 1.82) is 0 Å². The second-order valence-electron chi connectivity index (χ2n) is 8.41. The Bertz CT molecular complexity index is 466. The number of unbranched alkanes of at least 4 members (excludes halogenated alkanes) is 15. The van der Waals surface area contributed by atoms with Crippen LogP contribution in [0, 0.1) is 5.92 Å². The Morgan fingerprint density at radius 1 is 0.733 bits per heavy atom. The van der Waals surface area contributed by atoms with E-state index in [0.29, 0.717) is 0 Å². The average Bonchev–Trinajstić information content (AvgIpc) is 2.68. The Kier molecular flexibility index (Phi) is 26.5. The fourth-order valence-corrected chi connectivity index (χ4v) is 3.97. The summed E-state index contributed by atoms with van der Waals surface area (Å²) in [6.45, 7) is 4.43. The molecule has 0 radical (unpaired) electrons. The van der Waals surface area contributed by atoms with Gasteiger partial charge in [0.25, 0.3) is 0 Å². The fourth-order valence-electron chi connectivity index (χ4n) is 3.63. The maximum atomic E-state index is 10.8. The van der Waals surface area contributed by atoms with Crippen molar-refractivity contribution in [3.63, 3.8) is 0 Å². The van der Waals surface area contributed by atoms with Crippen LogP contribution >= 0.6 is 0 Å². The van der Waals surface area contributed by atoms with Gasteiger partial charge in [0.2, 0.25) is 10.4 Å². The molecule has 0 aromatic rings. The Labute approximate surface area is 210 Å². The SMILES string of the molecule is CCCCCC/C=C/C(CCCCCCCCCCCCCC)COS(=O)(=O)[O-].[Na+]. The molecule has 0 saturated heterocycles. The van der Waals surface area contributed by atoms with E-state index >= 15 is 0 Å². The van der Waals surface area contributed by atoms with Crippen molar-refractivity contribution in [1.82, 2.24) is 0 Å². The molecule has 30 heavy (non-hydrogen) atoms. The van der Waals surface area contributed by atoms with Gasteiger partial charge < -0.3 is 4.55 Å². The summed E-state index contributed by atoms with van der Waals surface area (Å²) in [5.74, 6) is 0.0213. The molecule has 0 aromatic heterocycles. The third-order valence-electron chi connectivity index (χ3n) is 5.49. The van der Waals surface area contributed by atoms with Crippen LogP contribution in [-0.4, -0.2) is 19.6 Å². The van der Waals surface area contributed by atoms with E-state index in [9.17, 15) is 13.0 Å². The molecule has 1 unspecified atom stereocenters. The Balaban J connectivity index is 0. The zero-order valence-electron chi connectivity index (χ0n) is 20.2. The Hall–Kier alpha value is 0.610. The van der Waals surface area contributed by atoms with Gasteiger partial charge in [-0.25, -0.2) is 8.42 Å². The number of rotatable bonds is 22. The van der Waals surface area contributed by atoms with E-state index in [1.807, 2.05) is 0 Å². The first-order valence-corrected chi connectivity index (χ1v) is 13.6. The van der Waals surface area contributed by atoms with E-state index in [1.165, 1.54) is 89.9 Å². The molecule has 0 aromatic carbocycles. The molecule has 6 heteroatoms. The quantitative estimate of drug-likeness (QED) is 0.0782. The average molecular weight is 455 g/mol. The van der Waals surface area contributed by atoms with Gasteiger partial charge in [0.05, 0.1) is 6.61 Å². The third-order valence-corrected chi connectivity index (χ3v) is 5.91. The standard InChI is InChI=1S/C24H48O4S.Na/c1-3-5-7-9-11-12-13-14-15-16-18-20-22-24(23-28-29(25,26)27)21-19-17-10-8-6-4-2;/h19,21,24H,3-18,20,22-23H2,1-2H3,(H,25,26,27);/q;+1/p-1/b21-19+;. The molecule has 0 rings (SSSR count). The molecular weight excluding hydrogens is 407 g/mol. The molecule has 0 N–H and O–H groups in total. The second kappa shape index (κ2) is 24.3. The van der Waals surface area contributed by atoms with Crippen LogP contribution < -0.4 is 29.6 Å². The van der Waals surface area contributed by atoms with Gasteiger partial charge in [-0.3, -0.25) is 4.18 Å². The minimum absolute atomic E-state index is 0. The topological polar surface area (TPSA) is 66.4 Å². The van der Waals surface area contributed by atoms with Crippen molar-refractivity contribution in [3.8, 4) is 0 Å². The van der Waals surface area contributed by atoms with Crippen LogP contribution in [-0.2, 0) is 14.6 Å². The molecule has 0 spiro atoms. The first-order valence-electron chi connectivity index (χ1n) is 12.3. The van der Waals surface area contributed by atoms with E-state index in [0.717, 1.165) is 25.7 Å². The van der Waals surface area contributed by atoms with Crippen molar-refractivity contribution >= 4 is 10.4 Å². The van der Waals surface area contributed by atoms with E-state index in [1.54, 1.807) is 0 Å². The summed E-state index contributed by atoms with van der Waals surface area (Å²) in [4.78, 5) is 0. The van der Waals surface area contributed by atoms with Crippen molar-refractivity contribution < 1.29 is 46.7 Å². The largest absolute Gasteiger partial charge is 1.00 e. The van der Waals surface area contributed by atoms with E-state index in [-0.39, 0.29) is 42.1 Å². The van der Waals surface area contributed by atoms with Crippen molar-refractivity contribution in [2.45, 2.75) is 129 Å². The van der Waals surface area contributed by atoms with Gasteiger partial charge in [0.15, 0.2) is 0 Å². The molecule has 0 aliphatic heterocycles. The normalized spacial score (nSPS) is 12.9. The Morgan fingerprint density at radius 2 is 1.17 bits per heavy atom. The summed E-state index contributed by atoms with van der Waals surface area (Å²) in [5.41, 5.74) is 0. The van der Waals surface area contributed by atoms with Gasteiger partial charge in [0.1, 0.15) is 0 Å². The van der Waals surface area contributed by atoms with Crippen LogP contribution in [0.25, 0.3) is 0 Å². The molecule has 0 amide bonds. The summed E-state index contributed by atoms with van der Waals surface area (Å²) >= 11 is 0. The molecule has 4 nitrogen and oxygen atoms in total. The minimum Gasteiger partial charge on any atom is -0.726 e. The van der Waals surface area contributed by atoms with Crippen molar-refractivity contribution in [3.05, 3.63) is 12.2 Å². The zero-order chi connectivity index (χ0) is 21.6. The molecule has 0 saturated carbocycles. The van der Waals surface area contributed by atoms with E-state index in [4.69, 9.17) is 0 Å². The smallest absolute Gasteiger partial charge is 0.726 e. The van der Waals surface area contributed by atoms with Crippen LogP contribution in [0.15, 0.2) is 12.2 Å². The van der Waals surface area contributed by atoms with Crippen LogP contribution in [0.4, 0.5) is 0 Å². The zero-order valence-corrected chi connectivity index (χ0v) is 23.0. The minimum atomic E-state index is -4.60. The van der Waals surface area contributed by atoms with Gasteiger partial charge in [-0.1, -0.05) is 122 Å². The van der Waals surface area contributed by atoms with Gasteiger partial charge in [-0.05, 0) is 19.3 Å². The monoisotopic (exact) mass is 454 g/mol. The Morgan fingerprint density at radius 3 is 1.63 bits per heavy atom. The summed E-state index contributed by atoms with van der Waals surface area (Å²) in [5, 5.41) is 0. The molecule has 0 aliphatic rings. The number of allylic oxidation sites excluding steroid dienone is 1. The third kappa shape index (κ3) is 26.6. The fraction of sp³-hybridized carbons (Fsp3) is 0.917. The van der Waals surface area contributed by atoms with Crippen molar-refractivity contribution in [2.75, 3.05) is 6.61 Å². The van der Waals surface area contributed by atoms with Gasteiger partial charge in [0, 0.05) is 5.92 Å². The summed E-state index contributed by atoms with van der Waals surface area (Å²) < 4.78 is 36.8. The van der Waals surface area contributed by atoms with Crippen LogP contribution in [0.2, 0.25) is 0 Å². The van der Waals surface area contributed by atoms with Gasteiger partial charge in [-0.15, -0.1) is 0 Å². The second-order valence-corrected chi connectivity index (χ2v) is 9.46. The summed E-state index contributed by atoms with van der Waals surface area (Å²) in [6, 6.07) is 0. The first kappa shape index (κ1) is 32.8. The maximum absolute atomic E-state index is 10.8. The van der Waals surface area contributed by atoms with Crippen molar-refractivity contribution in [2.24, 2.45) is 5.92 Å². The summed E-state index contributed by atoms with van der Waals surface area (Å²) in [7, 11) is -4.60. The van der Waals surface area contributed by atoms with Gasteiger partial charge in [-0.2, -0.15) is 0 Å². The maximum Gasteiger partial charge on any atom is 1.00 e. The predicted molar refractivity (Wildman–Crippen MR) is 123 cm³/mol. The molecule has 0 aliphatic carbocycles. The van der Waals surface area contributed by atoms with Crippen LogP contribution in [0.5, 0.6) is 0 Å². The molecule has 1 atom stereocenters. The van der Waals surface area contributed by atoms with Crippen LogP contribution in [0.1, 0.15) is 129 Å². The molecular formula is C24H47NaO4S. The van der Waals surface area contributed by atoms with E-state index < -0.39 is 10.4 Å². The van der Waals surface area contributed by atoms with Gasteiger partial charge >= 0.3 is 29.6 Å². The molecule has 0 fully saturated rings. The van der Waals surface area contributed by atoms with E-state index in [2.05, 4.69) is 30.2 Å².